The Hall–Kier alpha value is -2.30. The second-order valence-corrected chi connectivity index (χ2v) is 5.79. The minimum Gasteiger partial charge on any atom is -0.234 e. The average molecular weight is 320 g/mol. The van der Waals surface area contributed by atoms with Crippen LogP contribution < -0.4 is 0 Å². The van der Waals surface area contributed by atoms with Crippen molar-refractivity contribution in [2.75, 3.05) is 0 Å². The van der Waals surface area contributed by atoms with Crippen LogP contribution in [0.4, 0.5) is 4.39 Å². The summed E-state index contributed by atoms with van der Waals surface area (Å²) in [6.07, 6.45) is 0. The number of aromatic amines is 1. The lowest BCUT2D eigenvalue weighted by Gasteiger charge is -1.99. The number of benzene rings is 1. The summed E-state index contributed by atoms with van der Waals surface area (Å²) in [6, 6.07) is 6.10. The fourth-order valence-electron chi connectivity index (χ4n) is 1.87. The van der Waals surface area contributed by atoms with Crippen LogP contribution in [-0.4, -0.2) is 20.4 Å². The van der Waals surface area contributed by atoms with Gasteiger partial charge in [0.1, 0.15) is 22.6 Å². The Morgan fingerprint density at radius 3 is 2.86 bits per heavy atom. The van der Waals surface area contributed by atoms with Crippen LogP contribution in [-0.2, 0) is 0 Å². The third-order valence-corrected chi connectivity index (χ3v) is 4.15. The molecule has 0 unspecified atom stereocenters. The number of H-pyrrole nitrogens is 1. The molecule has 104 valence electrons. The van der Waals surface area contributed by atoms with E-state index in [2.05, 4.69) is 20.4 Å². The van der Waals surface area contributed by atoms with Crippen molar-refractivity contribution in [3.05, 3.63) is 39.6 Å². The van der Waals surface area contributed by atoms with E-state index in [-0.39, 0.29) is 10.7 Å². The van der Waals surface area contributed by atoms with Crippen LogP contribution in [0.2, 0.25) is 5.02 Å². The van der Waals surface area contributed by atoms with Gasteiger partial charge in [0.05, 0.1) is 5.02 Å². The molecule has 3 aromatic rings. The fraction of sp³-hybridized carbons (Fsp3) is 0.0769. The van der Waals surface area contributed by atoms with Crippen molar-refractivity contribution >= 4 is 22.9 Å². The first-order chi connectivity index (χ1) is 10.1. The summed E-state index contributed by atoms with van der Waals surface area (Å²) in [5.74, 6) is -0.402. The number of hydrogen-bond donors (Lipinski definition) is 1. The predicted molar refractivity (Wildman–Crippen MR) is 77.3 cm³/mol. The molecule has 0 fully saturated rings. The van der Waals surface area contributed by atoms with Crippen molar-refractivity contribution in [2.45, 2.75) is 6.92 Å². The molecule has 2 heterocycles. The van der Waals surface area contributed by atoms with Crippen LogP contribution in [0.3, 0.4) is 0 Å². The highest BCUT2D eigenvalue weighted by atomic mass is 35.5. The Labute approximate surface area is 128 Å². The van der Waals surface area contributed by atoms with Crippen LogP contribution in [0.15, 0.2) is 18.2 Å². The normalized spacial score (nSPS) is 10.6. The van der Waals surface area contributed by atoms with Crippen LogP contribution in [0, 0.1) is 24.1 Å². The number of halogens is 2. The highest BCUT2D eigenvalue weighted by Gasteiger charge is 2.19. The Morgan fingerprint density at radius 1 is 1.33 bits per heavy atom. The van der Waals surface area contributed by atoms with E-state index in [9.17, 15) is 4.39 Å². The van der Waals surface area contributed by atoms with Crippen LogP contribution in [0.5, 0.6) is 0 Å². The number of rotatable bonds is 2. The van der Waals surface area contributed by atoms with Gasteiger partial charge in [-0.15, -0.1) is 16.4 Å². The molecule has 0 bridgehead atoms. The molecule has 0 saturated carbocycles. The Morgan fingerprint density at radius 2 is 2.14 bits per heavy atom. The van der Waals surface area contributed by atoms with E-state index in [1.54, 1.807) is 6.07 Å². The van der Waals surface area contributed by atoms with E-state index in [0.29, 0.717) is 22.0 Å². The van der Waals surface area contributed by atoms with E-state index in [0.717, 1.165) is 4.88 Å². The van der Waals surface area contributed by atoms with Gasteiger partial charge in [0.15, 0.2) is 11.4 Å². The highest BCUT2D eigenvalue weighted by Crippen LogP contribution is 2.36. The second kappa shape index (κ2) is 5.24. The average Bonchev–Trinajstić information content (AvgIpc) is 3.04. The number of thiazole rings is 1. The molecule has 0 amide bonds. The summed E-state index contributed by atoms with van der Waals surface area (Å²) in [5.41, 5.74) is 1.79. The Balaban J connectivity index is 2.12. The zero-order valence-corrected chi connectivity index (χ0v) is 12.3. The maximum absolute atomic E-state index is 13.1. The van der Waals surface area contributed by atoms with Crippen molar-refractivity contribution in [1.82, 2.24) is 20.4 Å². The predicted octanol–water partition coefficient (Wildman–Crippen LogP) is 3.57. The number of hydrogen-bond acceptors (Lipinski definition) is 5. The van der Waals surface area contributed by atoms with Gasteiger partial charge in [-0.2, -0.15) is 15.6 Å². The highest BCUT2D eigenvalue weighted by molar-refractivity contribution is 7.15. The first-order valence-corrected chi connectivity index (χ1v) is 7.03. The van der Waals surface area contributed by atoms with Crippen molar-refractivity contribution in [2.24, 2.45) is 0 Å². The number of nitriles is 1. The molecule has 3 rings (SSSR count). The molecule has 0 atom stereocenters. The van der Waals surface area contributed by atoms with Crippen molar-refractivity contribution in [3.8, 4) is 28.0 Å². The molecule has 8 heteroatoms. The summed E-state index contributed by atoms with van der Waals surface area (Å²) in [5, 5.41) is 20.0. The van der Waals surface area contributed by atoms with Gasteiger partial charge in [-0.1, -0.05) is 11.6 Å². The molecule has 21 heavy (non-hydrogen) atoms. The van der Waals surface area contributed by atoms with E-state index in [1.807, 2.05) is 13.0 Å². The molecule has 0 radical (unpaired) electrons. The molecule has 1 aromatic carbocycles. The van der Waals surface area contributed by atoms with E-state index in [1.165, 1.54) is 23.5 Å². The molecule has 0 aliphatic carbocycles. The number of aromatic nitrogens is 4. The van der Waals surface area contributed by atoms with Crippen molar-refractivity contribution in [1.29, 1.82) is 5.26 Å². The van der Waals surface area contributed by atoms with Crippen LogP contribution in [0.25, 0.3) is 22.0 Å². The third-order valence-electron chi connectivity index (χ3n) is 2.84. The minimum absolute atomic E-state index is 0.181. The van der Waals surface area contributed by atoms with Gasteiger partial charge >= 0.3 is 0 Å². The molecule has 5 nitrogen and oxygen atoms in total. The monoisotopic (exact) mass is 319 g/mol. The summed E-state index contributed by atoms with van der Waals surface area (Å²) >= 11 is 7.45. The van der Waals surface area contributed by atoms with Gasteiger partial charge in [-0.25, -0.2) is 9.37 Å². The Bertz CT molecular complexity index is 864. The van der Waals surface area contributed by atoms with Gasteiger partial charge < -0.3 is 0 Å². The lowest BCUT2D eigenvalue weighted by Crippen LogP contribution is -1.86. The summed E-state index contributed by atoms with van der Waals surface area (Å²) < 4.78 is 13.1. The topological polar surface area (TPSA) is 78.2 Å². The quantitative estimate of drug-likeness (QED) is 0.783. The van der Waals surface area contributed by atoms with E-state index >= 15 is 0 Å². The van der Waals surface area contributed by atoms with E-state index < -0.39 is 5.82 Å². The summed E-state index contributed by atoms with van der Waals surface area (Å²) in [7, 11) is 0. The summed E-state index contributed by atoms with van der Waals surface area (Å²) in [4.78, 5) is 5.33. The lowest BCUT2D eigenvalue weighted by atomic mass is 10.2. The van der Waals surface area contributed by atoms with Gasteiger partial charge in [-0.05, 0) is 25.1 Å². The van der Waals surface area contributed by atoms with Crippen LogP contribution in [0.1, 0.15) is 10.6 Å². The molecule has 0 aliphatic rings. The number of nitrogens with zero attached hydrogens (tertiary/aromatic N) is 4. The maximum atomic E-state index is 13.1. The summed E-state index contributed by atoms with van der Waals surface area (Å²) in [6.45, 7) is 1.86. The number of nitrogens with one attached hydrogen (secondary N) is 1. The van der Waals surface area contributed by atoms with Gasteiger partial charge in [0, 0.05) is 10.4 Å². The van der Waals surface area contributed by atoms with Crippen LogP contribution >= 0.6 is 22.9 Å². The van der Waals surface area contributed by atoms with Gasteiger partial charge in [-0.3, -0.25) is 0 Å². The van der Waals surface area contributed by atoms with Crippen molar-refractivity contribution < 1.29 is 4.39 Å². The standard InChI is InChI=1S/C13H7ClFN5S/c1-6-11(12-10(5-16)18-20-19-12)17-13(21-6)8-3-2-7(15)4-9(8)14/h2-4H,1H3,(H,18,19,20). The zero-order chi connectivity index (χ0) is 15.0. The molecule has 0 aliphatic heterocycles. The first kappa shape index (κ1) is 13.7. The Kier molecular flexibility index (Phi) is 3.41. The molecular weight excluding hydrogens is 313 g/mol. The second-order valence-electron chi connectivity index (χ2n) is 4.18. The molecule has 0 spiro atoms. The first-order valence-electron chi connectivity index (χ1n) is 5.84. The van der Waals surface area contributed by atoms with Gasteiger partial charge in [0.2, 0.25) is 0 Å². The molecule has 1 N–H and O–H groups in total. The smallest absolute Gasteiger partial charge is 0.192 e. The van der Waals surface area contributed by atoms with Gasteiger partial charge in [0.25, 0.3) is 0 Å². The minimum atomic E-state index is -0.402. The lowest BCUT2D eigenvalue weighted by molar-refractivity contribution is 0.628. The molecule has 0 saturated heterocycles. The molecular formula is C13H7ClFN5S. The largest absolute Gasteiger partial charge is 0.234 e. The fourth-order valence-corrected chi connectivity index (χ4v) is 3.13. The third kappa shape index (κ3) is 2.39. The SMILES string of the molecule is Cc1sc(-c2ccc(F)cc2Cl)nc1-c1n[nH]nc1C#N. The number of aryl methyl sites for hydroxylation is 1. The maximum Gasteiger partial charge on any atom is 0.192 e. The van der Waals surface area contributed by atoms with E-state index in [4.69, 9.17) is 16.9 Å². The van der Waals surface area contributed by atoms with Crippen molar-refractivity contribution in [3.63, 3.8) is 0 Å². The zero-order valence-electron chi connectivity index (χ0n) is 10.7. The molecule has 2 aromatic heterocycles.